The van der Waals surface area contributed by atoms with Crippen LogP contribution < -0.4 is 5.32 Å². The fraction of sp³-hybridized carbons (Fsp3) is 0.316. The Morgan fingerprint density at radius 1 is 1.44 bits per heavy atom. The number of rotatable bonds is 6. The molecule has 140 valence electrons. The second-order valence-corrected chi connectivity index (χ2v) is 6.52. The summed E-state index contributed by atoms with van der Waals surface area (Å²) >= 11 is 0. The minimum Gasteiger partial charge on any atom is -0.508 e. The van der Waals surface area contributed by atoms with Crippen molar-refractivity contribution in [3.63, 3.8) is 0 Å². The van der Waals surface area contributed by atoms with E-state index in [2.05, 4.69) is 15.4 Å². The van der Waals surface area contributed by atoms with Gasteiger partial charge in [-0.05, 0) is 49.9 Å². The monoisotopic (exact) mass is 370 g/mol. The maximum Gasteiger partial charge on any atom is 0.343 e. The van der Waals surface area contributed by atoms with Crippen molar-refractivity contribution >= 4 is 17.4 Å². The van der Waals surface area contributed by atoms with E-state index in [1.165, 1.54) is 28.9 Å². The van der Waals surface area contributed by atoms with Crippen LogP contribution in [0.25, 0.3) is 5.65 Å². The van der Waals surface area contributed by atoms with Gasteiger partial charge in [-0.1, -0.05) is 0 Å². The van der Waals surface area contributed by atoms with Crippen molar-refractivity contribution in [2.24, 2.45) is 5.92 Å². The fourth-order valence-corrected chi connectivity index (χ4v) is 3.11. The molecule has 1 fully saturated rings. The van der Waals surface area contributed by atoms with Crippen LogP contribution in [0.5, 0.6) is 5.75 Å². The number of aromatic nitrogens is 3. The molecule has 8 heteroatoms. The minimum absolute atomic E-state index is 0.0402. The maximum atomic E-state index is 13.7. The van der Waals surface area contributed by atoms with Crippen LogP contribution in [-0.2, 0) is 4.74 Å². The molecule has 1 aromatic carbocycles. The Morgan fingerprint density at radius 2 is 2.26 bits per heavy atom. The van der Waals surface area contributed by atoms with E-state index in [1.54, 1.807) is 19.2 Å². The molecule has 0 bridgehead atoms. The molecule has 1 unspecified atom stereocenters. The van der Waals surface area contributed by atoms with E-state index < -0.39 is 11.8 Å². The Morgan fingerprint density at radius 3 is 3.00 bits per heavy atom. The van der Waals surface area contributed by atoms with Crippen LogP contribution in [0, 0.1) is 11.7 Å². The molecule has 2 heterocycles. The van der Waals surface area contributed by atoms with Crippen molar-refractivity contribution in [2.75, 3.05) is 11.9 Å². The number of anilines is 1. The van der Waals surface area contributed by atoms with Gasteiger partial charge in [-0.3, -0.25) is 0 Å². The first-order chi connectivity index (χ1) is 13.1. The van der Waals surface area contributed by atoms with E-state index in [9.17, 15) is 14.3 Å². The van der Waals surface area contributed by atoms with Gasteiger partial charge in [0.1, 0.15) is 22.9 Å². The Hall–Kier alpha value is -3.16. The highest BCUT2D eigenvalue weighted by molar-refractivity contribution is 5.95. The number of nitrogens with one attached hydrogen (secondary N) is 1. The number of ether oxygens (including phenoxy) is 1. The molecule has 1 atom stereocenters. The number of esters is 1. The van der Waals surface area contributed by atoms with Crippen LogP contribution in [0.1, 0.15) is 41.7 Å². The summed E-state index contributed by atoms with van der Waals surface area (Å²) in [5.41, 5.74) is 1.15. The van der Waals surface area contributed by atoms with E-state index in [-0.39, 0.29) is 29.9 Å². The molecular formula is C19H19FN4O3. The maximum absolute atomic E-state index is 13.7. The van der Waals surface area contributed by atoms with Crippen LogP contribution in [0.2, 0.25) is 0 Å². The van der Waals surface area contributed by atoms with E-state index >= 15 is 0 Å². The van der Waals surface area contributed by atoms with E-state index in [0.29, 0.717) is 17.0 Å². The molecule has 0 amide bonds. The Bertz CT molecular complexity index is 1000. The average Bonchev–Trinajstić information content (AvgIpc) is 3.41. The minimum atomic E-state index is -0.487. The number of benzene rings is 1. The lowest BCUT2D eigenvalue weighted by molar-refractivity contribution is 0.0528. The number of hydrogen-bond donors (Lipinski definition) is 2. The first-order valence-electron chi connectivity index (χ1n) is 8.83. The molecule has 0 aliphatic heterocycles. The summed E-state index contributed by atoms with van der Waals surface area (Å²) in [7, 11) is 0. The largest absolute Gasteiger partial charge is 0.508 e. The number of hydrogen-bond acceptors (Lipinski definition) is 6. The molecule has 2 N–H and O–H groups in total. The van der Waals surface area contributed by atoms with Gasteiger partial charge < -0.3 is 15.2 Å². The molecule has 1 aliphatic carbocycles. The molecular weight excluding hydrogens is 351 g/mol. The number of carbonyl (C=O) groups is 1. The first-order valence-corrected chi connectivity index (χ1v) is 8.83. The Labute approximate surface area is 154 Å². The number of aromatic hydroxyl groups is 1. The lowest BCUT2D eigenvalue weighted by Crippen LogP contribution is -2.15. The van der Waals surface area contributed by atoms with Gasteiger partial charge in [0, 0.05) is 11.8 Å². The van der Waals surface area contributed by atoms with Crippen LogP contribution >= 0.6 is 0 Å². The van der Waals surface area contributed by atoms with Gasteiger partial charge >= 0.3 is 5.97 Å². The zero-order chi connectivity index (χ0) is 19.0. The standard InChI is InChI=1S/C19H19FN4O3/c1-2-27-19(26)14-10-21-24-8-7-16(23-18(14)24)22-17(11-3-4-11)13-9-12(20)5-6-15(13)25/h5-11,17,25H,2-4H2,1H3,(H,22,23). The molecule has 2 aromatic heterocycles. The lowest BCUT2D eigenvalue weighted by Gasteiger charge is -2.20. The second-order valence-electron chi connectivity index (χ2n) is 6.52. The predicted molar refractivity (Wildman–Crippen MR) is 96.1 cm³/mol. The van der Waals surface area contributed by atoms with Crippen molar-refractivity contribution in [3.05, 3.63) is 53.6 Å². The van der Waals surface area contributed by atoms with Gasteiger partial charge in [-0.2, -0.15) is 5.10 Å². The van der Waals surface area contributed by atoms with E-state index in [4.69, 9.17) is 4.74 Å². The predicted octanol–water partition coefficient (Wildman–Crippen LogP) is 3.31. The smallest absolute Gasteiger partial charge is 0.343 e. The van der Waals surface area contributed by atoms with Crippen LogP contribution in [-0.4, -0.2) is 32.3 Å². The van der Waals surface area contributed by atoms with E-state index in [0.717, 1.165) is 12.8 Å². The molecule has 4 rings (SSSR count). The highest BCUT2D eigenvalue weighted by Crippen LogP contribution is 2.45. The number of fused-ring (bicyclic) bond motifs is 1. The summed E-state index contributed by atoms with van der Waals surface area (Å²) in [5.74, 6) is -0.0598. The molecule has 1 aliphatic rings. The summed E-state index contributed by atoms with van der Waals surface area (Å²) in [4.78, 5) is 16.5. The lowest BCUT2D eigenvalue weighted by atomic mass is 10.0. The molecule has 3 aromatic rings. The van der Waals surface area contributed by atoms with Crippen molar-refractivity contribution in [2.45, 2.75) is 25.8 Å². The summed E-state index contributed by atoms with van der Waals surface area (Å²) in [6.07, 6.45) is 5.07. The Kier molecular flexibility index (Phi) is 4.39. The number of phenols is 1. The van der Waals surface area contributed by atoms with E-state index in [1.807, 2.05) is 0 Å². The fourth-order valence-electron chi connectivity index (χ4n) is 3.11. The first kappa shape index (κ1) is 17.3. The van der Waals surface area contributed by atoms with Crippen molar-refractivity contribution < 1.29 is 19.0 Å². The third-order valence-corrected chi connectivity index (χ3v) is 4.59. The molecule has 7 nitrogen and oxygen atoms in total. The van der Waals surface area contributed by atoms with Gasteiger partial charge in [0.05, 0.1) is 18.8 Å². The number of nitrogens with zero attached hydrogens (tertiary/aromatic N) is 3. The second kappa shape index (κ2) is 6.86. The van der Waals surface area contributed by atoms with Crippen LogP contribution in [0.15, 0.2) is 36.7 Å². The SMILES string of the molecule is CCOC(=O)c1cnn2ccc(NC(c3cc(F)ccc3O)C3CC3)nc12. The third kappa shape index (κ3) is 3.42. The summed E-state index contributed by atoms with van der Waals surface area (Å²) in [5, 5.41) is 17.6. The van der Waals surface area contributed by atoms with Crippen molar-refractivity contribution in [1.82, 2.24) is 14.6 Å². The van der Waals surface area contributed by atoms with Gasteiger partial charge in [-0.15, -0.1) is 0 Å². The van der Waals surface area contributed by atoms with Crippen molar-refractivity contribution in [1.29, 1.82) is 0 Å². The topological polar surface area (TPSA) is 88.8 Å². The third-order valence-electron chi connectivity index (χ3n) is 4.59. The molecule has 1 saturated carbocycles. The van der Waals surface area contributed by atoms with Gasteiger partial charge in [-0.25, -0.2) is 18.7 Å². The van der Waals surface area contributed by atoms with Crippen LogP contribution in [0.4, 0.5) is 10.2 Å². The number of carbonyl (C=O) groups excluding carboxylic acids is 1. The molecule has 0 saturated heterocycles. The molecule has 0 radical (unpaired) electrons. The zero-order valence-corrected chi connectivity index (χ0v) is 14.7. The average molecular weight is 370 g/mol. The summed E-state index contributed by atoms with van der Waals surface area (Å²) < 4.78 is 20.2. The van der Waals surface area contributed by atoms with Gasteiger partial charge in [0.15, 0.2) is 5.65 Å². The Balaban J connectivity index is 1.67. The summed E-state index contributed by atoms with van der Waals surface area (Å²) in [6, 6.07) is 5.37. The summed E-state index contributed by atoms with van der Waals surface area (Å²) in [6.45, 7) is 1.99. The van der Waals surface area contributed by atoms with Gasteiger partial charge in [0.25, 0.3) is 0 Å². The normalized spacial score (nSPS) is 14.9. The van der Waals surface area contributed by atoms with Gasteiger partial charge in [0.2, 0.25) is 0 Å². The highest BCUT2D eigenvalue weighted by atomic mass is 19.1. The molecule has 27 heavy (non-hydrogen) atoms. The number of phenolic OH excluding ortho intramolecular Hbond substituents is 1. The zero-order valence-electron chi connectivity index (χ0n) is 14.7. The molecule has 0 spiro atoms. The quantitative estimate of drug-likeness (QED) is 0.647. The number of halogens is 1. The van der Waals surface area contributed by atoms with Crippen molar-refractivity contribution in [3.8, 4) is 5.75 Å². The highest BCUT2D eigenvalue weighted by Gasteiger charge is 2.34. The van der Waals surface area contributed by atoms with Crippen LogP contribution in [0.3, 0.4) is 0 Å².